The van der Waals surface area contributed by atoms with Crippen molar-refractivity contribution < 1.29 is 9.59 Å². The van der Waals surface area contributed by atoms with Crippen molar-refractivity contribution in [3.8, 4) is 0 Å². The van der Waals surface area contributed by atoms with Gasteiger partial charge in [0.05, 0.1) is 11.6 Å². The summed E-state index contributed by atoms with van der Waals surface area (Å²) in [5.41, 5.74) is 6.94. The molecule has 0 radical (unpaired) electrons. The summed E-state index contributed by atoms with van der Waals surface area (Å²) in [6.07, 6.45) is 3.64. The minimum Gasteiger partial charge on any atom is -0.348 e. The largest absolute Gasteiger partial charge is 0.348 e. The molecule has 0 spiro atoms. The van der Waals surface area contributed by atoms with Gasteiger partial charge >= 0.3 is 0 Å². The minimum atomic E-state index is -0.661. The van der Waals surface area contributed by atoms with E-state index in [9.17, 15) is 9.59 Å². The molecule has 2 amide bonds. The van der Waals surface area contributed by atoms with Crippen LogP contribution in [0.5, 0.6) is 0 Å². The molecular weight excluding hydrogens is 302 g/mol. The lowest BCUT2D eigenvalue weighted by Crippen LogP contribution is -2.43. The second-order valence-electron chi connectivity index (χ2n) is 7.46. The zero-order chi connectivity index (χ0) is 17.5. The van der Waals surface area contributed by atoms with E-state index in [1.54, 1.807) is 0 Å². The van der Waals surface area contributed by atoms with Crippen LogP contribution in [0.4, 0.5) is 0 Å². The Kier molecular flexibility index (Phi) is 4.38. The molecule has 3 rings (SSSR count). The number of rotatable bonds is 4. The van der Waals surface area contributed by atoms with E-state index >= 15 is 0 Å². The SMILES string of the molecule is C[C@@H]1CC[C@H](C)N1C(=O)c1ccc([C@@H](C)NC(=O)C2(N)CC2)cc1. The lowest BCUT2D eigenvalue weighted by molar-refractivity contribution is -0.123. The van der Waals surface area contributed by atoms with E-state index in [-0.39, 0.29) is 17.9 Å². The lowest BCUT2D eigenvalue weighted by Gasteiger charge is -2.26. The van der Waals surface area contributed by atoms with Crippen LogP contribution >= 0.6 is 0 Å². The summed E-state index contributed by atoms with van der Waals surface area (Å²) >= 11 is 0. The van der Waals surface area contributed by atoms with Crippen LogP contribution in [0.3, 0.4) is 0 Å². The number of nitrogens with zero attached hydrogens (tertiary/aromatic N) is 1. The highest BCUT2D eigenvalue weighted by atomic mass is 16.2. The Labute approximate surface area is 143 Å². The fraction of sp³-hybridized carbons (Fsp3) is 0.579. The standard InChI is InChI=1S/C19H27N3O2/c1-12-4-5-13(2)22(12)17(23)16-8-6-15(7-9-16)14(3)21-18(24)19(20)10-11-19/h6-9,12-14H,4-5,10-11,20H2,1-3H3,(H,21,24)/t12-,13+,14-/m1/s1. The van der Waals surface area contributed by atoms with Gasteiger partial charge in [0.15, 0.2) is 0 Å². The molecule has 1 aliphatic carbocycles. The summed E-state index contributed by atoms with van der Waals surface area (Å²) in [4.78, 5) is 26.7. The fourth-order valence-electron chi connectivity index (χ4n) is 3.44. The molecule has 1 saturated heterocycles. The molecule has 2 fully saturated rings. The Balaban J connectivity index is 1.66. The monoisotopic (exact) mass is 329 g/mol. The van der Waals surface area contributed by atoms with E-state index in [4.69, 9.17) is 5.73 Å². The van der Waals surface area contributed by atoms with Gasteiger partial charge in [-0.25, -0.2) is 0 Å². The van der Waals surface area contributed by atoms with Crippen molar-refractivity contribution in [2.75, 3.05) is 0 Å². The number of carbonyl (C=O) groups is 2. The summed E-state index contributed by atoms with van der Waals surface area (Å²) < 4.78 is 0. The molecule has 3 N–H and O–H groups in total. The molecule has 2 aliphatic rings. The molecule has 24 heavy (non-hydrogen) atoms. The average Bonchev–Trinajstić information content (AvgIpc) is 3.23. The van der Waals surface area contributed by atoms with Crippen molar-refractivity contribution in [1.29, 1.82) is 0 Å². The first-order valence-corrected chi connectivity index (χ1v) is 8.84. The van der Waals surface area contributed by atoms with Crippen LogP contribution in [0.1, 0.15) is 68.4 Å². The first-order chi connectivity index (χ1) is 11.3. The Bertz CT molecular complexity index is 627. The summed E-state index contributed by atoms with van der Waals surface area (Å²) in [6, 6.07) is 8.02. The average molecular weight is 329 g/mol. The molecule has 1 aliphatic heterocycles. The second-order valence-corrected chi connectivity index (χ2v) is 7.46. The third-order valence-corrected chi connectivity index (χ3v) is 5.43. The molecule has 1 heterocycles. The topological polar surface area (TPSA) is 75.4 Å². The first-order valence-electron chi connectivity index (χ1n) is 8.84. The molecule has 0 unspecified atom stereocenters. The van der Waals surface area contributed by atoms with Crippen molar-refractivity contribution in [2.24, 2.45) is 5.73 Å². The second kappa shape index (κ2) is 6.20. The van der Waals surface area contributed by atoms with Gasteiger partial charge in [-0.15, -0.1) is 0 Å². The van der Waals surface area contributed by atoms with Crippen molar-refractivity contribution in [3.05, 3.63) is 35.4 Å². The zero-order valence-corrected chi connectivity index (χ0v) is 14.7. The number of nitrogens with one attached hydrogen (secondary N) is 1. The van der Waals surface area contributed by atoms with Gasteiger partial charge in [0.1, 0.15) is 0 Å². The van der Waals surface area contributed by atoms with E-state index in [0.29, 0.717) is 17.6 Å². The first kappa shape index (κ1) is 17.0. The van der Waals surface area contributed by atoms with Gasteiger partial charge in [-0.3, -0.25) is 9.59 Å². The molecule has 1 aromatic rings. The van der Waals surface area contributed by atoms with E-state index in [1.807, 2.05) is 36.1 Å². The van der Waals surface area contributed by atoms with Gasteiger partial charge < -0.3 is 16.0 Å². The maximum Gasteiger partial charge on any atom is 0.254 e. The summed E-state index contributed by atoms with van der Waals surface area (Å²) in [5, 5.41) is 2.96. The number of hydrogen-bond donors (Lipinski definition) is 2. The number of carbonyl (C=O) groups excluding carboxylic acids is 2. The van der Waals surface area contributed by atoms with Gasteiger partial charge in [0.2, 0.25) is 5.91 Å². The Morgan fingerprint density at radius 1 is 1.17 bits per heavy atom. The summed E-state index contributed by atoms with van der Waals surface area (Å²) in [7, 11) is 0. The van der Waals surface area contributed by atoms with Crippen molar-refractivity contribution in [3.63, 3.8) is 0 Å². The maximum absolute atomic E-state index is 12.7. The lowest BCUT2D eigenvalue weighted by atomic mass is 10.0. The Hall–Kier alpha value is -1.88. The predicted molar refractivity (Wildman–Crippen MR) is 93.5 cm³/mol. The maximum atomic E-state index is 12.7. The molecule has 5 nitrogen and oxygen atoms in total. The van der Waals surface area contributed by atoms with Crippen LogP contribution in [-0.2, 0) is 4.79 Å². The normalized spacial score (nSPS) is 26.1. The number of hydrogen-bond acceptors (Lipinski definition) is 3. The molecule has 5 heteroatoms. The van der Waals surface area contributed by atoms with Crippen molar-refractivity contribution in [2.45, 2.75) is 70.1 Å². The van der Waals surface area contributed by atoms with Gasteiger partial charge in [-0.05, 0) is 64.2 Å². The number of likely N-dealkylation sites (tertiary alicyclic amines) is 1. The minimum absolute atomic E-state index is 0.0881. The van der Waals surface area contributed by atoms with E-state index in [1.165, 1.54) is 0 Å². The number of nitrogens with two attached hydrogens (primary N) is 1. The van der Waals surface area contributed by atoms with Crippen molar-refractivity contribution in [1.82, 2.24) is 10.2 Å². The highest BCUT2D eigenvalue weighted by Gasteiger charge is 2.46. The summed E-state index contributed by atoms with van der Waals surface area (Å²) in [6.45, 7) is 6.15. The third kappa shape index (κ3) is 3.18. The highest BCUT2D eigenvalue weighted by molar-refractivity contribution is 5.95. The Morgan fingerprint density at radius 3 is 2.21 bits per heavy atom. The molecular formula is C19H27N3O2. The molecule has 130 valence electrons. The van der Waals surface area contributed by atoms with Crippen molar-refractivity contribution >= 4 is 11.8 Å². The number of benzene rings is 1. The highest BCUT2D eigenvalue weighted by Crippen LogP contribution is 2.33. The van der Waals surface area contributed by atoms with Crippen LogP contribution in [0.2, 0.25) is 0 Å². The predicted octanol–water partition coefficient (Wildman–Crippen LogP) is 2.37. The summed E-state index contributed by atoms with van der Waals surface area (Å²) in [5.74, 6) is 0.00417. The van der Waals surface area contributed by atoms with Gasteiger partial charge in [-0.2, -0.15) is 0 Å². The van der Waals surface area contributed by atoms with Gasteiger partial charge in [0.25, 0.3) is 5.91 Å². The van der Waals surface area contributed by atoms with E-state index in [2.05, 4.69) is 19.2 Å². The number of amides is 2. The van der Waals surface area contributed by atoms with Crippen LogP contribution < -0.4 is 11.1 Å². The van der Waals surface area contributed by atoms with Crippen LogP contribution in [-0.4, -0.2) is 34.3 Å². The van der Waals surface area contributed by atoms with Crippen LogP contribution in [0.15, 0.2) is 24.3 Å². The van der Waals surface area contributed by atoms with Gasteiger partial charge in [-0.1, -0.05) is 12.1 Å². The molecule has 1 aromatic carbocycles. The van der Waals surface area contributed by atoms with Crippen LogP contribution in [0, 0.1) is 0 Å². The quantitative estimate of drug-likeness (QED) is 0.890. The molecule has 1 saturated carbocycles. The smallest absolute Gasteiger partial charge is 0.254 e. The van der Waals surface area contributed by atoms with Gasteiger partial charge in [0, 0.05) is 17.6 Å². The molecule has 3 atom stereocenters. The zero-order valence-electron chi connectivity index (χ0n) is 14.7. The molecule has 0 bridgehead atoms. The van der Waals surface area contributed by atoms with E-state index < -0.39 is 5.54 Å². The third-order valence-electron chi connectivity index (χ3n) is 5.43. The van der Waals surface area contributed by atoms with E-state index in [0.717, 1.165) is 31.2 Å². The fourth-order valence-corrected chi connectivity index (χ4v) is 3.44. The Morgan fingerprint density at radius 2 is 1.71 bits per heavy atom. The van der Waals surface area contributed by atoms with Crippen LogP contribution in [0.25, 0.3) is 0 Å². The molecule has 0 aromatic heterocycles.